The zero-order chi connectivity index (χ0) is 28.0. The van der Waals surface area contributed by atoms with E-state index < -0.39 is 48.8 Å². The Balaban J connectivity index is 2.16. The molecule has 0 atom stereocenters. The van der Waals surface area contributed by atoms with Gasteiger partial charge in [-0.1, -0.05) is 30.3 Å². The molecule has 0 unspecified atom stereocenters. The number of nitrogens with one attached hydrogen (secondary N) is 1. The molecule has 1 aromatic heterocycles. The second-order valence-electron chi connectivity index (χ2n) is 8.27. The van der Waals surface area contributed by atoms with Crippen LogP contribution in [-0.2, 0) is 11.8 Å². The van der Waals surface area contributed by atoms with Gasteiger partial charge in [-0.3, -0.25) is 4.98 Å². The van der Waals surface area contributed by atoms with Gasteiger partial charge in [0.2, 0.25) is 0 Å². The summed E-state index contributed by atoms with van der Waals surface area (Å²) in [5.41, 5.74) is -0.841. The van der Waals surface area contributed by atoms with Gasteiger partial charge in [0.25, 0.3) is 0 Å². The third-order valence-electron chi connectivity index (χ3n) is 5.46. The maximum atomic E-state index is 12.9. The van der Waals surface area contributed by atoms with Gasteiger partial charge in [-0.2, -0.15) is 13.2 Å². The van der Waals surface area contributed by atoms with Crippen LogP contribution in [0.3, 0.4) is 0 Å². The minimum atomic E-state index is -5.03. The SMILES string of the molecule is FC(F)(F)CCNCC(Cc1ccccn1)(c1cccc(OC(F)(F)F)c1)c1cccc(OC(F)(F)F)c1. The zero-order valence-electron chi connectivity index (χ0n) is 19.4. The van der Waals surface area contributed by atoms with E-state index in [1.165, 1.54) is 30.5 Å². The van der Waals surface area contributed by atoms with Crippen molar-refractivity contribution in [3.63, 3.8) is 0 Å². The van der Waals surface area contributed by atoms with E-state index in [0.717, 1.165) is 24.3 Å². The number of alkyl halides is 9. The highest BCUT2D eigenvalue weighted by atomic mass is 19.4. The van der Waals surface area contributed by atoms with Crippen molar-refractivity contribution < 1.29 is 49.0 Å². The predicted octanol–water partition coefficient (Wildman–Crippen LogP) is 6.95. The molecule has 3 aromatic rings. The van der Waals surface area contributed by atoms with Gasteiger partial charge in [0.05, 0.1) is 6.42 Å². The molecule has 0 radical (unpaired) electrons. The average Bonchev–Trinajstić information content (AvgIpc) is 2.79. The molecule has 38 heavy (non-hydrogen) atoms. The monoisotopic (exact) mass is 552 g/mol. The molecule has 1 N–H and O–H groups in total. The molecular weight excluding hydrogens is 531 g/mol. The summed E-state index contributed by atoms with van der Waals surface area (Å²) in [5, 5.41) is 2.66. The van der Waals surface area contributed by atoms with Crippen molar-refractivity contribution in [2.24, 2.45) is 0 Å². The van der Waals surface area contributed by atoms with Crippen molar-refractivity contribution in [3.8, 4) is 11.5 Å². The summed E-state index contributed by atoms with van der Waals surface area (Å²) >= 11 is 0. The molecule has 0 fully saturated rings. The Labute approximate surface area is 211 Å². The third kappa shape index (κ3) is 8.82. The van der Waals surface area contributed by atoms with Crippen LogP contribution in [0.25, 0.3) is 0 Å². The van der Waals surface area contributed by atoms with Gasteiger partial charge >= 0.3 is 18.9 Å². The van der Waals surface area contributed by atoms with E-state index >= 15 is 0 Å². The van der Waals surface area contributed by atoms with Crippen LogP contribution in [0.1, 0.15) is 23.2 Å². The van der Waals surface area contributed by atoms with Crippen LogP contribution in [0, 0.1) is 0 Å². The number of rotatable bonds is 10. The molecule has 0 spiro atoms. The summed E-state index contributed by atoms with van der Waals surface area (Å²) < 4.78 is 124. The largest absolute Gasteiger partial charge is 0.573 e. The number of hydrogen-bond acceptors (Lipinski definition) is 4. The average molecular weight is 552 g/mol. The number of benzene rings is 2. The van der Waals surface area contributed by atoms with Crippen molar-refractivity contribution in [3.05, 3.63) is 89.7 Å². The molecule has 0 saturated heterocycles. The molecule has 206 valence electrons. The Morgan fingerprint density at radius 1 is 0.684 bits per heavy atom. The highest BCUT2D eigenvalue weighted by Crippen LogP contribution is 2.39. The minimum absolute atomic E-state index is 0.0994. The summed E-state index contributed by atoms with van der Waals surface area (Å²) in [5.74, 6) is -1.23. The van der Waals surface area contributed by atoms with Crippen molar-refractivity contribution in [1.82, 2.24) is 10.3 Å². The van der Waals surface area contributed by atoms with Crippen LogP contribution in [0.5, 0.6) is 11.5 Å². The van der Waals surface area contributed by atoms with Gasteiger partial charge in [-0.05, 0) is 47.5 Å². The smallest absolute Gasteiger partial charge is 0.406 e. The number of pyridine rings is 1. The van der Waals surface area contributed by atoms with Crippen LogP contribution in [0.15, 0.2) is 72.9 Å². The van der Waals surface area contributed by atoms with Crippen LogP contribution >= 0.6 is 0 Å². The van der Waals surface area contributed by atoms with Gasteiger partial charge in [-0.25, -0.2) is 0 Å². The Morgan fingerprint density at radius 2 is 1.24 bits per heavy atom. The standard InChI is InChI=1S/C25H21F9N2O2/c26-23(27,28)10-12-35-16-22(15-19-7-1-2-11-36-19,17-5-3-8-20(13-17)37-24(29,30)31)18-6-4-9-21(14-18)38-25(32,33)34/h1-9,11,13-14,35H,10,12,15-16H2. The second-order valence-corrected chi connectivity index (χ2v) is 8.27. The molecular formula is C25H21F9N2O2. The van der Waals surface area contributed by atoms with Crippen molar-refractivity contribution in [2.45, 2.75) is 37.2 Å². The molecule has 3 rings (SSSR count). The Bertz CT molecular complexity index is 1120. The highest BCUT2D eigenvalue weighted by molar-refractivity contribution is 5.47. The van der Waals surface area contributed by atoms with Gasteiger partial charge in [0.15, 0.2) is 0 Å². The zero-order valence-corrected chi connectivity index (χ0v) is 19.4. The van der Waals surface area contributed by atoms with Crippen molar-refractivity contribution >= 4 is 0 Å². The summed E-state index contributed by atoms with van der Waals surface area (Å²) in [6.45, 7) is -0.852. The molecule has 0 aliphatic carbocycles. The minimum Gasteiger partial charge on any atom is -0.406 e. The number of aromatic nitrogens is 1. The van der Waals surface area contributed by atoms with Crippen LogP contribution < -0.4 is 14.8 Å². The van der Waals surface area contributed by atoms with E-state index in [1.807, 2.05) is 0 Å². The molecule has 0 saturated carbocycles. The first-order valence-electron chi connectivity index (χ1n) is 11.1. The lowest BCUT2D eigenvalue weighted by Crippen LogP contribution is -2.42. The molecule has 0 aliphatic heterocycles. The van der Waals surface area contributed by atoms with E-state index in [4.69, 9.17) is 0 Å². The van der Waals surface area contributed by atoms with Crippen molar-refractivity contribution in [2.75, 3.05) is 13.1 Å². The molecule has 1 heterocycles. The summed E-state index contributed by atoms with van der Waals surface area (Å²) in [7, 11) is 0. The maximum Gasteiger partial charge on any atom is 0.573 e. The van der Waals surface area contributed by atoms with E-state index in [9.17, 15) is 39.5 Å². The first-order valence-corrected chi connectivity index (χ1v) is 11.1. The molecule has 0 aliphatic rings. The van der Waals surface area contributed by atoms with Gasteiger partial charge in [-0.15, -0.1) is 26.3 Å². The molecule has 2 aromatic carbocycles. The number of nitrogens with zero attached hydrogens (tertiary/aromatic N) is 1. The summed E-state index contributed by atoms with van der Waals surface area (Å²) in [6.07, 6.45) is -14.4. The van der Waals surface area contributed by atoms with Crippen LogP contribution in [0.2, 0.25) is 0 Å². The Hall–Kier alpha value is -3.48. The molecule has 4 nitrogen and oxygen atoms in total. The summed E-state index contributed by atoms with van der Waals surface area (Å²) in [6, 6.07) is 14.3. The summed E-state index contributed by atoms with van der Waals surface area (Å²) in [4.78, 5) is 4.22. The molecule has 0 bridgehead atoms. The topological polar surface area (TPSA) is 43.4 Å². The Morgan fingerprint density at radius 3 is 1.68 bits per heavy atom. The Kier molecular flexibility index (Phi) is 8.80. The van der Waals surface area contributed by atoms with E-state index in [-0.39, 0.29) is 24.1 Å². The van der Waals surface area contributed by atoms with Gasteiger partial charge < -0.3 is 14.8 Å². The number of halogens is 9. The fourth-order valence-electron chi connectivity index (χ4n) is 3.96. The normalized spacial score (nSPS) is 12.9. The predicted molar refractivity (Wildman–Crippen MR) is 119 cm³/mol. The molecule has 13 heteroatoms. The first kappa shape index (κ1) is 29.1. The lowest BCUT2D eigenvalue weighted by molar-refractivity contribution is -0.275. The van der Waals surface area contributed by atoms with Crippen LogP contribution in [0.4, 0.5) is 39.5 Å². The highest BCUT2D eigenvalue weighted by Gasteiger charge is 2.38. The fourth-order valence-corrected chi connectivity index (χ4v) is 3.96. The number of ether oxygens (including phenoxy) is 2. The lowest BCUT2D eigenvalue weighted by atomic mass is 9.71. The van der Waals surface area contributed by atoms with E-state index in [0.29, 0.717) is 5.69 Å². The second kappa shape index (κ2) is 11.5. The third-order valence-corrected chi connectivity index (χ3v) is 5.46. The van der Waals surface area contributed by atoms with E-state index in [1.54, 1.807) is 18.2 Å². The van der Waals surface area contributed by atoms with E-state index in [2.05, 4.69) is 19.8 Å². The maximum absolute atomic E-state index is 12.9. The number of hydrogen-bond donors (Lipinski definition) is 1. The first-order chi connectivity index (χ1) is 17.7. The molecule has 0 amide bonds. The van der Waals surface area contributed by atoms with Crippen molar-refractivity contribution in [1.29, 1.82) is 0 Å². The lowest BCUT2D eigenvalue weighted by Gasteiger charge is -2.36. The fraction of sp³-hybridized carbons (Fsp3) is 0.320. The van der Waals surface area contributed by atoms with Gasteiger partial charge in [0.1, 0.15) is 11.5 Å². The van der Waals surface area contributed by atoms with Crippen LogP contribution in [-0.4, -0.2) is 37.0 Å². The quantitative estimate of drug-likeness (QED) is 0.219. The van der Waals surface area contributed by atoms with Gasteiger partial charge in [0, 0.05) is 36.8 Å².